The average molecular weight is 406 g/mol. The third kappa shape index (κ3) is 4.00. The van der Waals surface area contributed by atoms with E-state index in [0.29, 0.717) is 39.4 Å². The summed E-state index contributed by atoms with van der Waals surface area (Å²) >= 11 is 0. The van der Waals surface area contributed by atoms with E-state index in [-0.39, 0.29) is 18.2 Å². The third-order valence-corrected chi connectivity index (χ3v) is 4.56. The zero-order valence-corrected chi connectivity index (χ0v) is 16.2. The number of rotatable bonds is 5. The standard InChI is InChI=1S/C21H18N4O5/c1-11-19(12(2)25-24-11)23-20(27)14-4-6-15(7-5-14)22-18(26)10-13-3-8-16-17(9-13)30-21(28)29-16/h3-9H,10H2,1-2H3,(H,22,26)(H,23,27)(H,24,25). The number of aryl methyl sites for hydroxylation is 2. The van der Waals surface area contributed by atoms with E-state index in [1.165, 1.54) is 0 Å². The largest absolute Gasteiger partial charge is 0.519 e. The number of carbonyl (C=O) groups excluding carboxylic acids is 2. The van der Waals surface area contributed by atoms with E-state index in [1.807, 2.05) is 6.92 Å². The first kappa shape index (κ1) is 19.2. The summed E-state index contributed by atoms with van der Waals surface area (Å²) in [6.07, 6.45) is 0.0894. The van der Waals surface area contributed by atoms with E-state index >= 15 is 0 Å². The quantitative estimate of drug-likeness (QED) is 0.467. The number of aromatic nitrogens is 2. The smallest absolute Gasteiger partial charge is 0.391 e. The predicted molar refractivity (Wildman–Crippen MR) is 110 cm³/mol. The molecule has 2 aromatic carbocycles. The van der Waals surface area contributed by atoms with Gasteiger partial charge in [-0.2, -0.15) is 5.10 Å². The third-order valence-electron chi connectivity index (χ3n) is 4.56. The van der Waals surface area contributed by atoms with Crippen LogP contribution in [0.15, 0.2) is 56.1 Å². The first-order valence-corrected chi connectivity index (χ1v) is 9.14. The molecule has 0 bridgehead atoms. The van der Waals surface area contributed by atoms with Gasteiger partial charge in [-0.05, 0) is 55.8 Å². The van der Waals surface area contributed by atoms with Crippen LogP contribution in [0.5, 0.6) is 0 Å². The highest BCUT2D eigenvalue weighted by Crippen LogP contribution is 2.19. The molecule has 30 heavy (non-hydrogen) atoms. The van der Waals surface area contributed by atoms with Crippen molar-refractivity contribution in [2.24, 2.45) is 0 Å². The van der Waals surface area contributed by atoms with Crippen molar-refractivity contribution < 1.29 is 18.4 Å². The van der Waals surface area contributed by atoms with Crippen molar-refractivity contribution in [2.75, 3.05) is 10.6 Å². The van der Waals surface area contributed by atoms with Gasteiger partial charge in [-0.1, -0.05) is 6.07 Å². The number of nitrogens with zero attached hydrogens (tertiary/aromatic N) is 1. The first-order valence-electron chi connectivity index (χ1n) is 9.14. The minimum absolute atomic E-state index is 0.0894. The van der Waals surface area contributed by atoms with Gasteiger partial charge in [-0.3, -0.25) is 14.7 Å². The maximum absolute atomic E-state index is 12.4. The second-order valence-electron chi connectivity index (χ2n) is 6.80. The van der Waals surface area contributed by atoms with E-state index in [2.05, 4.69) is 20.8 Å². The summed E-state index contributed by atoms with van der Waals surface area (Å²) in [6.45, 7) is 3.63. The van der Waals surface area contributed by atoms with Crippen LogP contribution in [0.3, 0.4) is 0 Å². The van der Waals surface area contributed by atoms with Crippen LogP contribution >= 0.6 is 0 Å². The number of nitrogens with one attached hydrogen (secondary N) is 3. The van der Waals surface area contributed by atoms with Gasteiger partial charge in [0.1, 0.15) is 0 Å². The molecule has 4 rings (SSSR count). The molecule has 0 aliphatic carbocycles. The van der Waals surface area contributed by atoms with Gasteiger partial charge < -0.3 is 19.5 Å². The summed E-state index contributed by atoms with van der Waals surface area (Å²) in [5.41, 5.74) is 4.45. The van der Waals surface area contributed by atoms with E-state index in [1.54, 1.807) is 49.4 Å². The van der Waals surface area contributed by atoms with Crippen LogP contribution < -0.4 is 16.5 Å². The zero-order valence-electron chi connectivity index (χ0n) is 16.2. The maximum atomic E-state index is 12.4. The van der Waals surface area contributed by atoms with Gasteiger partial charge in [0.05, 0.1) is 23.5 Å². The van der Waals surface area contributed by atoms with E-state index in [0.717, 1.165) is 5.69 Å². The second-order valence-corrected chi connectivity index (χ2v) is 6.80. The van der Waals surface area contributed by atoms with E-state index in [9.17, 15) is 14.4 Å². The topological polar surface area (TPSA) is 130 Å². The lowest BCUT2D eigenvalue weighted by Gasteiger charge is -2.08. The van der Waals surface area contributed by atoms with Crippen molar-refractivity contribution >= 4 is 34.4 Å². The highest BCUT2D eigenvalue weighted by Gasteiger charge is 2.13. The number of anilines is 2. The van der Waals surface area contributed by atoms with Gasteiger partial charge in [-0.25, -0.2) is 4.79 Å². The van der Waals surface area contributed by atoms with Crippen molar-refractivity contribution in [3.05, 3.63) is 75.6 Å². The normalized spacial score (nSPS) is 10.9. The summed E-state index contributed by atoms with van der Waals surface area (Å²) in [4.78, 5) is 35.8. The van der Waals surface area contributed by atoms with Crippen molar-refractivity contribution in [3.8, 4) is 0 Å². The Morgan fingerprint density at radius 1 is 1.00 bits per heavy atom. The van der Waals surface area contributed by atoms with Crippen molar-refractivity contribution in [1.29, 1.82) is 0 Å². The highest BCUT2D eigenvalue weighted by molar-refractivity contribution is 6.05. The molecule has 0 saturated carbocycles. The molecule has 2 aromatic heterocycles. The molecule has 9 nitrogen and oxygen atoms in total. The molecule has 0 unspecified atom stereocenters. The van der Waals surface area contributed by atoms with Gasteiger partial charge in [0.15, 0.2) is 11.2 Å². The Morgan fingerprint density at radius 2 is 1.73 bits per heavy atom. The minimum Gasteiger partial charge on any atom is -0.391 e. The van der Waals surface area contributed by atoms with Crippen LogP contribution in [0.2, 0.25) is 0 Å². The summed E-state index contributed by atoms with van der Waals surface area (Å²) < 4.78 is 9.74. The maximum Gasteiger partial charge on any atom is 0.519 e. The predicted octanol–water partition coefficient (Wildman–Crippen LogP) is 3.16. The van der Waals surface area contributed by atoms with E-state index in [4.69, 9.17) is 8.83 Å². The molecule has 0 atom stereocenters. The molecule has 4 aromatic rings. The van der Waals surface area contributed by atoms with Gasteiger partial charge >= 0.3 is 5.82 Å². The number of hydrogen-bond donors (Lipinski definition) is 3. The van der Waals surface area contributed by atoms with Crippen LogP contribution in [0.1, 0.15) is 27.3 Å². The molecule has 0 aliphatic heterocycles. The SMILES string of the molecule is Cc1n[nH]c(C)c1NC(=O)c1ccc(NC(=O)Cc2ccc3oc(=O)oc3c2)cc1. The molecule has 0 spiro atoms. The Balaban J connectivity index is 1.39. The molecular weight excluding hydrogens is 388 g/mol. The van der Waals surface area contributed by atoms with Gasteiger partial charge in [0, 0.05) is 11.3 Å². The molecule has 152 valence electrons. The second kappa shape index (κ2) is 7.70. The Kier molecular flexibility index (Phi) is 4.93. The summed E-state index contributed by atoms with van der Waals surface area (Å²) in [6, 6.07) is 11.4. The number of carbonyl (C=O) groups is 2. The van der Waals surface area contributed by atoms with Crippen molar-refractivity contribution in [3.63, 3.8) is 0 Å². The molecular formula is C21H18N4O5. The molecule has 0 saturated heterocycles. The number of H-pyrrole nitrogens is 1. The fraction of sp³-hybridized carbons (Fsp3) is 0.143. The molecule has 0 fully saturated rings. The lowest BCUT2D eigenvalue weighted by Crippen LogP contribution is -2.15. The Hall–Kier alpha value is -4.14. The number of fused-ring (bicyclic) bond motifs is 1. The minimum atomic E-state index is -0.784. The zero-order chi connectivity index (χ0) is 21.3. The monoisotopic (exact) mass is 406 g/mol. The van der Waals surface area contributed by atoms with Gasteiger partial charge in [0.2, 0.25) is 5.91 Å². The summed E-state index contributed by atoms with van der Waals surface area (Å²) in [7, 11) is 0. The molecule has 0 radical (unpaired) electrons. The Bertz CT molecular complexity index is 1280. The summed E-state index contributed by atoms with van der Waals surface area (Å²) in [5, 5.41) is 12.5. The van der Waals surface area contributed by atoms with Crippen molar-refractivity contribution in [2.45, 2.75) is 20.3 Å². The van der Waals surface area contributed by atoms with Gasteiger partial charge in [0.25, 0.3) is 5.91 Å². The molecule has 2 amide bonds. The Morgan fingerprint density at radius 3 is 2.43 bits per heavy atom. The number of aromatic amines is 1. The first-order chi connectivity index (χ1) is 14.4. The number of benzene rings is 2. The van der Waals surface area contributed by atoms with Crippen LogP contribution in [0.4, 0.5) is 11.4 Å². The lowest BCUT2D eigenvalue weighted by molar-refractivity contribution is -0.115. The van der Waals surface area contributed by atoms with Crippen LogP contribution in [-0.2, 0) is 11.2 Å². The van der Waals surface area contributed by atoms with Crippen LogP contribution in [0, 0.1) is 13.8 Å². The Labute approximate surface area is 170 Å². The lowest BCUT2D eigenvalue weighted by atomic mass is 10.1. The molecule has 3 N–H and O–H groups in total. The van der Waals surface area contributed by atoms with Crippen LogP contribution in [-0.4, -0.2) is 22.0 Å². The highest BCUT2D eigenvalue weighted by atomic mass is 16.6. The summed E-state index contributed by atoms with van der Waals surface area (Å²) in [5.74, 6) is -1.30. The molecule has 9 heteroatoms. The number of hydrogen-bond acceptors (Lipinski definition) is 6. The molecule has 0 aliphatic rings. The van der Waals surface area contributed by atoms with E-state index < -0.39 is 5.82 Å². The average Bonchev–Trinajstić information content (AvgIpc) is 3.23. The fourth-order valence-electron chi connectivity index (χ4n) is 3.04. The molecule has 2 heterocycles. The van der Waals surface area contributed by atoms with Gasteiger partial charge in [-0.15, -0.1) is 0 Å². The van der Waals surface area contributed by atoms with Crippen LogP contribution in [0.25, 0.3) is 11.2 Å². The van der Waals surface area contributed by atoms with Crippen molar-refractivity contribution in [1.82, 2.24) is 10.2 Å². The fourth-order valence-corrected chi connectivity index (χ4v) is 3.04. The number of amides is 2.